The molecule has 3 aromatic carbocycles. The van der Waals surface area contributed by atoms with Crippen molar-refractivity contribution in [3.05, 3.63) is 108 Å². The van der Waals surface area contributed by atoms with Gasteiger partial charge in [0.15, 0.2) is 0 Å². The van der Waals surface area contributed by atoms with E-state index >= 15 is 0 Å². The number of aromatic nitrogens is 4. The van der Waals surface area contributed by atoms with Crippen LogP contribution in [0.3, 0.4) is 0 Å². The molecule has 0 aliphatic carbocycles. The largest absolute Gasteiger partial charge is 0.348 e. The van der Waals surface area contributed by atoms with Gasteiger partial charge in [0.2, 0.25) is 5.95 Å². The Morgan fingerprint density at radius 2 is 1.79 bits per heavy atom. The van der Waals surface area contributed by atoms with Crippen LogP contribution in [-0.4, -0.2) is 25.4 Å². The number of hydrogen-bond acceptors (Lipinski definition) is 5. The van der Waals surface area contributed by atoms with Crippen molar-refractivity contribution in [2.24, 2.45) is 0 Å². The number of fused-ring (bicyclic) bond motifs is 1. The summed E-state index contributed by atoms with van der Waals surface area (Å²) in [4.78, 5) is 26.2. The number of hydrogen-bond donors (Lipinski definition) is 2. The number of anilines is 2. The Bertz CT molecular complexity index is 1460. The summed E-state index contributed by atoms with van der Waals surface area (Å²) in [6.07, 6.45) is 3.45. The maximum atomic E-state index is 12.6. The maximum Gasteiger partial charge on any atom is 0.255 e. The Hall–Kier alpha value is -4.52. The van der Waals surface area contributed by atoms with E-state index in [-0.39, 0.29) is 11.9 Å². The highest BCUT2D eigenvalue weighted by Gasteiger charge is 2.12. The molecule has 0 aliphatic heterocycles. The van der Waals surface area contributed by atoms with Gasteiger partial charge >= 0.3 is 0 Å². The zero-order valence-electron chi connectivity index (χ0n) is 18.9. The highest BCUT2D eigenvalue weighted by molar-refractivity contribution is 6.05. The minimum absolute atomic E-state index is 0.0653. The molecule has 0 bridgehead atoms. The van der Waals surface area contributed by atoms with Crippen molar-refractivity contribution in [2.45, 2.75) is 19.9 Å². The van der Waals surface area contributed by atoms with E-state index in [9.17, 15) is 4.79 Å². The quantitative estimate of drug-likeness (QED) is 0.356. The van der Waals surface area contributed by atoms with Crippen molar-refractivity contribution in [3.63, 3.8) is 0 Å². The van der Waals surface area contributed by atoms with Gasteiger partial charge in [-0.1, -0.05) is 48.0 Å². The molecule has 1 atom stereocenters. The normalized spacial score (nSPS) is 11.8. The lowest BCUT2D eigenvalue weighted by molar-refractivity contribution is 0.102. The monoisotopic (exact) mass is 448 g/mol. The van der Waals surface area contributed by atoms with E-state index in [0.29, 0.717) is 23.0 Å². The van der Waals surface area contributed by atoms with Crippen LogP contribution in [0.5, 0.6) is 0 Å². The molecule has 2 N–H and O–H groups in total. The third-order valence-corrected chi connectivity index (χ3v) is 5.62. The number of aryl methyl sites for hydroxylation is 1. The van der Waals surface area contributed by atoms with Gasteiger partial charge in [-0.05, 0) is 55.8 Å². The first-order valence-electron chi connectivity index (χ1n) is 11.1. The van der Waals surface area contributed by atoms with E-state index in [0.717, 1.165) is 22.2 Å². The molecule has 0 aliphatic rings. The minimum atomic E-state index is -0.151. The van der Waals surface area contributed by atoms with Crippen LogP contribution in [0.15, 0.2) is 91.4 Å². The molecule has 2 heterocycles. The fourth-order valence-corrected chi connectivity index (χ4v) is 3.83. The van der Waals surface area contributed by atoms with Crippen molar-refractivity contribution in [1.29, 1.82) is 0 Å². The van der Waals surface area contributed by atoms with E-state index in [4.69, 9.17) is 0 Å². The third-order valence-electron chi connectivity index (χ3n) is 5.62. The van der Waals surface area contributed by atoms with Gasteiger partial charge in [0.1, 0.15) is 12.1 Å². The SMILES string of the molecule is Cc1cccc(C(=O)Nc2ccc3c(c2)ncn3-c2ccnc(NC(C)c3ccccc3)n2)c1. The third kappa shape index (κ3) is 4.49. The van der Waals surface area contributed by atoms with Crippen LogP contribution in [0.25, 0.3) is 16.9 Å². The van der Waals surface area contributed by atoms with Crippen molar-refractivity contribution < 1.29 is 4.79 Å². The number of carbonyl (C=O) groups excluding carboxylic acids is 1. The second-order valence-corrected chi connectivity index (χ2v) is 8.16. The lowest BCUT2D eigenvalue weighted by atomic mass is 10.1. The molecular weight excluding hydrogens is 424 g/mol. The molecule has 2 aromatic heterocycles. The van der Waals surface area contributed by atoms with Crippen LogP contribution >= 0.6 is 0 Å². The Morgan fingerprint density at radius 3 is 2.62 bits per heavy atom. The molecule has 0 saturated heterocycles. The predicted octanol–water partition coefficient (Wildman–Crippen LogP) is 5.55. The van der Waals surface area contributed by atoms with E-state index in [1.54, 1.807) is 18.6 Å². The van der Waals surface area contributed by atoms with Crippen LogP contribution in [0, 0.1) is 6.92 Å². The van der Waals surface area contributed by atoms with Gasteiger partial charge in [0, 0.05) is 17.4 Å². The lowest BCUT2D eigenvalue weighted by Crippen LogP contribution is -2.12. The average molecular weight is 449 g/mol. The van der Waals surface area contributed by atoms with Gasteiger partial charge in [-0.25, -0.2) is 9.97 Å². The van der Waals surface area contributed by atoms with E-state index in [1.807, 2.05) is 72.2 Å². The molecular formula is C27H24N6O. The van der Waals surface area contributed by atoms with Gasteiger partial charge in [0.25, 0.3) is 5.91 Å². The van der Waals surface area contributed by atoms with E-state index in [2.05, 4.69) is 44.6 Å². The molecule has 168 valence electrons. The number of nitrogens with zero attached hydrogens (tertiary/aromatic N) is 4. The molecule has 7 heteroatoms. The van der Waals surface area contributed by atoms with Gasteiger partial charge in [0.05, 0.1) is 17.1 Å². The maximum absolute atomic E-state index is 12.6. The average Bonchev–Trinajstić information content (AvgIpc) is 3.28. The second kappa shape index (κ2) is 9.15. The zero-order chi connectivity index (χ0) is 23.5. The second-order valence-electron chi connectivity index (χ2n) is 8.16. The fourth-order valence-electron chi connectivity index (χ4n) is 3.83. The summed E-state index contributed by atoms with van der Waals surface area (Å²) in [6, 6.07) is 25.2. The van der Waals surface area contributed by atoms with Crippen LogP contribution in [-0.2, 0) is 0 Å². The summed E-state index contributed by atoms with van der Waals surface area (Å²) in [5, 5.41) is 6.30. The number of amides is 1. The number of imidazole rings is 1. The Balaban J connectivity index is 1.36. The van der Waals surface area contributed by atoms with Crippen LogP contribution in [0.2, 0.25) is 0 Å². The first kappa shape index (κ1) is 21.3. The molecule has 1 unspecified atom stereocenters. The molecule has 0 saturated carbocycles. The smallest absolute Gasteiger partial charge is 0.255 e. The molecule has 0 spiro atoms. The predicted molar refractivity (Wildman–Crippen MR) is 134 cm³/mol. The van der Waals surface area contributed by atoms with Gasteiger partial charge in [-0.2, -0.15) is 4.98 Å². The van der Waals surface area contributed by atoms with Crippen LogP contribution in [0.4, 0.5) is 11.6 Å². The molecule has 7 nitrogen and oxygen atoms in total. The standard InChI is InChI=1S/C27H24N6O/c1-18-7-6-10-21(15-18)26(34)31-22-11-12-24-23(16-22)29-17-33(24)25-13-14-28-27(32-25)30-19(2)20-8-4-3-5-9-20/h3-17,19H,1-2H3,(H,31,34)(H,28,30,32). The van der Waals surface area contributed by atoms with Crippen LogP contribution in [0.1, 0.15) is 34.5 Å². The molecule has 5 rings (SSSR count). The Labute approximate surface area is 197 Å². The van der Waals surface area contributed by atoms with Gasteiger partial charge in [-0.3, -0.25) is 9.36 Å². The van der Waals surface area contributed by atoms with Gasteiger partial charge < -0.3 is 10.6 Å². The summed E-state index contributed by atoms with van der Waals surface area (Å²) in [6.45, 7) is 4.04. The van der Waals surface area contributed by atoms with Gasteiger partial charge in [-0.15, -0.1) is 0 Å². The summed E-state index contributed by atoms with van der Waals surface area (Å²) in [5.74, 6) is 1.09. The number of rotatable bonds is 6. The first-order chi connectivity index (χ1) is 16.6. The zero-order valence-corrected chi connectivity index (χ0v) is 18.9. The number of benzene rings is 3. The van der Waals surface area contributed by atoms with Crippen molar-refractivity contribution in [2.75, 3.05) is 10.6 Å². The highest BCUT2D eigenvalue weighted by atomic mass is 16.1. The summed E-state index contributed by atoms with van der Waals surface area (Å²) >= 11 is 0. The summed E-state index contributed by atoms with van der Waals surface area (Å²) < 4.78 is 1.90. The minimum Gasteiger partial charge on any atom is -0.348 e. The fraction of sp³-hybridized carbons (Fsp3) is 0.111. The number of carbonyl (C=O) groups is 1. The van der Waals surface area contributed by atoms with E-state index < -0.39 is 0 Å². The van der Waals surface area contributed by atoms with Crippen molar-refractivity contribution >= 4 is 28.6 Å². The van der Waals surface area contributed by atoms with E-state index in [1.165, 1.54) is 0 Å². The Morgan fingerprint density at radius 1 is 0.941 bits per heavy atom. The molecule has 0 fully saturated rings. The molecule has 5 aromatic rings. The van der Waals surface area contributed by atoms with Crippen molar-refractivity contribution in [3.8, 4) is 5.82 Å². The highest BCUT2D eigenvalue weighted by Crippen LogP contribution is 2.23. The number of nitrogens with one attached hydrogen (secondary N) is 2. The van der Waals surface area contributed by atoms with Crippen LogP contribution < -0.4 is 10.6 Å². The summed E-state index contributed by atoms with van der Waals surface area (Å²) in [7, 11) is 0. The molecule has 1 amide bonds. The molecule has 0 radical (unpaired) electrons. The summed E-state index contributed by atoms with van der Waals surface area (Å²) in [5.41, 5.74) is 5.15. The van der Waals surface area contributed by atoms with Crippen molar-refractivity contribution in [1.82, 2.24) is 19.5 Å². The topological polar surface area (TPSA) is 84.7 Å². The lowest BCUT2D eigenvalue weighted by Gasteiger charge is -2.14. The first-order valence-corrected chi connectivity index (χ1v) is 11.1. The molecule has 34 heavy (non-hydrogen) atoms. The Kier molecular flexibility index (Phi) is 5.74.